The number of imidazole rings is 1. The van der Waals surface area contributed by atoms with Crippen LogP contribution in [-0.2, 0) is 24.2 Å². The second-order valence-electron chi connectivity index (χ2n) is 9.01. The molecule has 1 aromatic carbocycles. The van der Waals surface area contributed by atoms with Gasteiger partial charge in [0.1, 0.15) is 12.2 Å². The monoisotopic (exact) mass is 416 g/mol. The Hall–Kier alpha value is -2.96. The number of hydrogen-bond donors (Lipinski definition) is 0. The van der Waals surface area contributed by atoms with Gasteiger partial charge in [-0.1, -0.05) is 24.6 Å². The molecule has 160 valence electrons. The maximum Gasteiger partial charge on any atom is 0.231 e. The molecule has 2 aromatic heterocycles. The van der Waals surface area contributed by atoms with Crippen LogP contribution in [0.1, 0.15) is 43.5 Å². The van der Waals surface area contributed by atoms with Crippen molar-refractivity contribution in [2.24, 2.45) is 5.92 Å². The smallest absolute Gasteiger partial charge is 0.231 e. The van der Waals surface area contributed by atoms with Crippen LogP contribution in [0.25, 0.3) is 11.2 Å². The van der Waals surface area contributed by atoms with Gasteiger partial charge in [0.2, 0.25) is 5.91 Å². The Morgan fingerprint density at radius 1 is 0.968 bits per heavy atom. The molecule has 1 fully saturated rings. The Labute approximate surface area is 182 Å². The van der Waals surface area contributed by atoms with Crippen LogP contribution in [0, 0.1) is 5.92 Å². The summed E-state index contributed by atoms with van der Waals surface area (Å²) in [5.41, 5.74) is 4.22. The van der Waals surface area contributed by atoms with Crippen molar-refractivity contribution in [3.05, 3.63) is 42.0 Å². The number of amides is 1. The summed E-state index contributed by atoms with van der Waals surface area (Å²) in [6.45, 7) is 3.39. The van der Waals surface area contributed by atoms with Gasteiger partial charge in [0, 0.05) is 38.3 Å². The Balaban J connectivity index is 1.28. The zero-order valence-corrected chi connectivity index (χ0v) is 17.8. The van der Waals surface area contributed by atoms with Crippen LogP contribution in [0.5, 0.6) is 0 Å². The molecule has 0 N–H and O–H groups in total. The minimum Gasteiger partial charge on any atom is -0.354 e. The van der Waals surface area contributed by atoms with Crippen molar-refractivity contribution in [1.82, 2.24) is 19.5 Å². The van der Waals surface area contributed by atoms with Crippen LogP contribution in [0.4, 0.5) is 11.5 Å². The van der Waals surface area contributed by atoms with Crippen LogP contribution in [0.15, 0.2) is 30.6 Å². The number of aryl methyl sites for hydroxylation is 2. The first-order valence-corrected chi connectivity index (χ1v) is 11.6. The van der Waals surface area contributed by atoms with Gasteiger partial charge >= 0.3 is 0 Å². The number of carbonyl (C=O) groups is 1. The molecule has 0 aliphatic carbocycles. The highest BCUT2D eigenvalue weighted by atomic mass is 16.2. The van der Waals surface area contributed by atoms with Gasteiger partial charge in [0.25, 0.3) is 0 Å². The average molecular weight is 417 g/mol. The second-order valence-corrected chi connectivity index (χ2v) is 9.01. The highest BCUT2D eigenvalue weighted by Gasteiger charge is 2.34. The number of para-hydroxylation sites is 1. The van der Waals surface area contributed by atoms with Crippen LogP contribution < -0.4 is 9.80 Å². The van der Waals surface area contributed by atoms with Gasteiger partial charge in [-0.05, 0) is 43.7 Å². The first-order chi connectivity index (χ1) is 15.3. The van der Waals surface area contributed by atoms with Crippen molar-refractivity contribution in [1.29, 1.82) is 0 Å². The Bertz CT molecular complexity index is 1140. The third-order valence-electron chi connectivity index (χ3n) is 7.10. The summed E-state index contributed by atoms with van der Waals surface area (Å²) in [5.74, 6) is 2.27. The number of anilines is 2. The van der Waals surface area contributed by atoms with Crippen molar-refractivity contribution in [2.75, 3.05) is 29.4 Å². The van der Waals surface area contributed by atoms with Gasteiger partial charge < -0.3 is 14.4 Å². The number of fused-ring (bicyclic) bond motifs is 4. The number of carbonyl (C=O) groups excluding carboxylic acids is 1. The number of rotatable bonds is 2. The van der Waals surface area contributed by atoms with Gasteiger partial charge in [-0.2, -0.15) is 0 Å². The van der Waals surface area contributed by atoms with Crippen LogP contribution in [-0.4, -0.2) is 45.1 Å². The predicted octanol–water partition coefficient (Wildman–Crippen LogP) is 3.36. The van der Waals surface area contributed by atoms with E-state index in [9.17, 15) is 4.79 Å². The fourth-order valence-electron chi connectivity index (χ4n) is 5.52. The van der Waals surface area contributed by atoms with Crippen molar-refractivity contribution in [3.63, 3.8) is 0 Å². The maximum absolute atomic E-state index is 13.4. The first kappa shape index (κ1) is 18.8. The molecule has 3 aromatic rings. The minimum atomic E-state index is -0.00892. The Kier molecular flexibility index (Phi) is 4.62. The predicted molar refractivity (Wildman–Crippen MR) is 120 cm³/mol. The molecule has 0 saturated carbocycles. The molecule has 1 saturated heterocycles. The van der Waals surface area contributed by atoms with Gasteiger partial charge in [-0.15, -0.1) is 0 Å². The molecule has 7 nitrogen and oxygen atoms in total. The maximum atomic E-state index is 13.4. The summed E-state index contributed by atoms with van der Waals surface area (Å²) in [4.78, 5) is 31.9. The summed E-state index contributed by atoms with van der Waals surface area (Å²) in [6.07, 6.45) is 9.15. The largest absolute Gasteiger partial charge is 0.354 e. The highest BCUT2D eigenvalue weighted by molar-refractivity contribution is 5.97. The standard InChI is InChI=1S/C24H28N6O/c31-24(29-14-11-17-7-3-4-9-19(17)29)18-8-6-12-28(15-18)22-21-23(26-16-25-22)30-13-5-1-2-10-20(30)27-21/h3-4,7,9,16,18H,1-2,5-6,8,10-15H2. The lowest BCUT2D eigenvalue weighted by molar-refractivity contribution is -0.122. The summed E-state index contributed by atoms with van der Waals surface area (Å²) >= 11 is 0. The fourth-order valence-corrected chi connectivity index (χ4v) is 5.52. The van der Waals surface area contributed by atoms with Crippen molar-refractivity contribution >= 4 is 28.6 Å². The van der Waals surface area contributed by atoms with E-state index in [-0.39, 0.29) is 11.8 Å². The topological polar surface area (TPSA) is 67.2 Å². The van der Waals surface area contributed by atoms with E-state index in [1.807, 2.05) is 11.0 Å². The van der Waals surface area contributed by atoms with E-state index >= 15 is 0 Å². The van der Waals surface area contributed by atoms with Gasteiger partial charge in [0.05, 0.1) is 5.92 Å². The molecule has 1 atom stereocenters. The lowest BCUT2D eigenvalue weighted by Gasteiger charge is -2.34. The van der Waals surface area contributed by atoms with Gasteiger partial charge in [-0.25, -0.2) is 15.0 Å². The fraction of sp³-hybridized carbons (Fsp3) is 0.500. The SMILES string of the molecule is O=C(C1CCCN(c2ncnc3c2nc2n3CCCCC2)C1)N1CCc2ccccc21. The third kappa shape index (κ3) is 3.18. The van der Waals surface area contributed by atoms with E-state index < -0.39 is 0 Å². The molecule has 3 aliphatic rings. The molecule has 1 unspecified atom stereocenters. The van der Waals surface area contributed by atoms with E-state index in [0.717, 1.165) is 73.8 Å². The lowest BCUT2D eigenvalue weighted by Crippen LogP contribution is -2.45. The number of benzene rings is 1. The van der Waals surface area contributed by atoms with Crippen LogP contribution in [0.3, 0.4) is 0 Å². The molecule has 3 aliphatic heterocycles. The Morgan fingerprint density at radius 2 is 1.90 bits per heavy atom. The Morgan fingerprint density at radius 3 is 2.87 bits per heavy atom. The highest BCUT2D eigenvalue weighted by Crippen LogP contribution is 2.33. The van der Waals surface area contributed by atoms with E-state index in [1.165, 1.54) is 24.8 Å². The first-order valence-electron chi connectivity index (χ1n) is 11.6. The summed E-state index contributed by atoms with van der Waals surface area (Å²) < 4.78 is 2.28. The van der Waals surface area contributed by atoms with Crippen molar-refractivity contribution < 1.29 is 4.79 Å². The summed E-state index contributed by atoms with van der Waals surface area (Å²) in [5, 5.41) is 0. The molecule has 0 bridgehead atoms. The lowest BCUT2D eigenvalue weighted by atomic mass is 9.96. The number of aromatic nitrogens is 4. The molecule has 6 rings (SSSR count). The molecular weight excluding hydrogens is 388 g/mol. The second kappa shape index (κ2) is 7.62. The summed E-state index contributed by atoms with van der Waals surface area (Å²) in [6, 6.07) is 8.29. The van der Waals surface area contributed by atoms with Crippen LogP contribution in [0.2, 0.25) is 0 Å². The van der Waals surface area contributed by atoms with E-state index in [2.05, 4.69) is 37.6 Å². The molecule has 7 heteroatoms. The normalized spacial score (nSPS) is 21.1. The molecule has 0 spiro atoms. The molecule has 1 amide bonds. The van der Waals surface area contributed by atoms with Crippen molar-refractivity contribution in [3.8, 4) is 0 Å². The zero-order valence-electron chi connectivity index (χ0n) is 17.8. The quantitative estimate of drug-likeness (QED) is 0.641. The van der Waals surface area contributed by atoms with Crippen molar-refractivity contribution in [2.45, 2.75) is 51.5 Å². The molecule has 0 radical (unpaired) electrons. The van der Waals surface area contributed by atoms with Gasteiger partial charge in [-0.3, -0.25) is 4.79 Å². The molecular formula is C24H28N6O. The number of hydrogen-bond acceptors (Lipinski definition) is 5. The van der Waals surface area contributed by atoms with Gasteiger partial charge in [0.15, 0.2) is 17.0 Å². The van der Waals surface area contributed by atoms with E-state index in [1.54, 1.807) is 6.33 Å². The zero-order chi connectivity index (χ0) is 20.8. The van der Waals surface area contributed by atoms with Crippen LogP contribution >= 0.6 is 0 Å². The molecule has 31 heavy (non-hydrogen) atoms. The third-order valence-corrected chi connectivity index (χ3v) is 7.10. The number of nitrogens with zero attached hydrogens (tertiary/aromatic N) is 6. The molecule has 5 heterocycles. The summed E-state index contributed by atoms with van der Waals surface area (Å²) in [7, 11) is 0. The number of piperidine rings is 1. The average Bonchev–Trinajstić information content (AvgIpc) is 3.32. The van der Waals surface area contributed by atoms with E-state index in [4.69, 9.17) is 4.98 Å². The van der Waals surface area contributed by atoms with E-state index in [0.29, 0.717) is 6.54 Å². The minimum absolute atomic E-state index is 0.00892.